The normalized spacial score (nSPS) is 22.6. The van der Waals surface area contributed by atoms with Gasteiger partial charge < -0.3 is 10.6 Å². The third-order valence-corrected chi connectivity index (χ3v) is 7.36. The van der Waals surface area contributed by atoms with E-state index in [0.29, 0.717) is 38.3 Å². The molecule has 1 atom stereocenters. The van der Waals surface area contributed by atoms with E-state index >= 15 is 0 Å². The molecule has 4 rings (SSSR count). The van der Waals surface area contributed by atoms with Crippen molar-refractivity contribution in [3.8, 4) is 10.4 Å². The fraction of sp³-hybridized carbons (Fsp3) is 0.478. The monoisotopic (exact) mass is 396 g/mol. The molecule has 28 heavy (non-hydrogen) atoms. The van der Waals surface area contributed by atoms with Gasteiger partial charge in [-0.3, -0.25) is 9.59 Å². The molecule has 5 heteroatoms. The highest BCUT2D eigenvalue weighted by molar-refractivity contribution is 7.13. The van der Waals surface area contributed by atoms with Gasteiger partial charge in [0.2, 0.25) is 11.8 Å². The number of nitrogens with zero attached hydrogens (tertiary/aromatic N) is 1. The highest BCUT2D eigenvalue weighted by Gasteiger charge is 2.45. The van der Waals surface area contributed by atoms with Gasteiger partial charge in [-0.25, -0.2) is 0 Å². The average molecular weight is 397 g/mol. The summed E-state index contributed by atoms with van der Waals surface area (Å²) < 4.78 is 0. The lowest BCUT2D eigenvalue weighted by Crippen LogP contribution is -2.42. The molecule has 1 aliphatic heterocycles. The van der Waals surface area contributed by atoms with E-state index in [9.17, 15) is 9.59 Å². The molecule has 148 valence electrons. The highest BCUT2D eigenvalue weighted by Crippen LogP contribution is 2.37. The molecule has 2 amide bonds. The molecule has 2 heterocycles. The summed E-state index contributed by atoms with van der Waals surface area (Å²) >= 11 is 1.71. The number of nitrogens with two attached hydrogens (primary N) is 1. The lowest BCUT2D eigenvalue weighted by atomic mass is 9.80. The van der Waals surface area contributed by atoms with Crippen LogP contribution in [0, 0.1) is 11.3 Å². The Hall–Kier alpha value is -2.14. The number of hydrogen-bond acceptors (Lipinski definition) is 3. The highest BCUT2D eigenvalue weighted by atomic mass is 32.1. The van der Waals surface area contributed by atoms with E-state index in [2.05, 4.69) is 29.6 Å². The Morgan fingerprint density at radius 3 is 2.71 bits per heavy atom. The first-order valence-electron chi connectivity index (χ1n) is 10.3. The lowest BCUT2D eigenvalue weighted by Gasteiger charge is -2.26. The SMILES string of the molecule is NC(=O)[C@@]1(Cc2cccc(-c3cccs3)c2)CCN(C(=O)CC2CCCC2)C1. The van der Waals surface area contributed by atoms with E-state index in [1.54, 1.807) is 11.3 Å². The van der Waals surface area contributed by atoms with Crippen molar-refractivity contribution in [2.45, 2.75) is 44.9 Å². The number of amides is 2. The smallest absolute Gasteiger partial charge is 0.225 e. The Morgan fingerprint density at radius 2 is 2.00 bits per heavy atom. The molecule has 1 saturated heterocycles. The molecule has 1 aromatic carbocycles. The second kappa shape index (κ2) is 8.08. The fourth-order valence-electron chi connectivity index (χ4n) is 4.78. The zero-order valence-electron chi connectivity index (χ0n) is 16.2. The molecule has 0 unspecified atom stereocenters. The minimum atomic E-state index is -0.653. The molecule has 2 aromatic rings. The molecule has 2 fully saturated rings. The van der Waals surface area contributed by atoms with E-state index in [1.807, 2.05) is 17.0 Å². The van der Waals surface area contributed by atoms with Gasteiger partial charge >= 0.3 is 0 Å². The second-order valence-electron chi connectivity index (χ2n) is 8.42. The summed E-state index contributed by atoms with van der Waals surface area (Å²) in [6.07, 6.45) is 6.68. The maximum Gasteiger partial charge on any atom is 0.225 e. The molecule has 2 N–H and O–H groups in total. The first-order valence-corrected chi connectivity index (χ1v) is 11.1. The quantitative estimate of drug-likeness (QED) is 0.794. The number of benzene rings is 1. The minimum Gasteiger partial charge on any atom is -0.369 e. The number of rotatable bonds is 6. The van der Waals surface area contributed by atoms with Crippen molar-refractivity contribution in [1.29, 1.82) is 0 Å². The standard InChI is InChI=1S/C23H28N2O2S/c24-22(27)23(10-11-25(16-23)21(26)14-17-5-1-2-6-17)15-18-7-3-8-19(13-18)20-9-4-12-28-20/h3-4,7-9,12-13,17H,1-2,5-6,10-11,14-16H2,(H2,24,27)/t23-/m1/s1. The van der Waals surface area contributed by atoms with Gasteiger partial charge in [-0.1, -0.05) is 43.2 Å². The van der Waals surface area contributed by atoms with Crippen LogP contribution < -0.4 is 5.73 Å². The van der Waals surface area contributed by atoms with E-state index < -0.39 is 5.41 Å². The van der Waals surface area contributed by atoms with Gasteiger partial charge in [0.25, 0.3) is 0 Å². The number of primary amides is 1. The van der Waals surface area contributed by atoms with Gasteiger partial charge in [0.15, 0.2) is 0 Å². The summed E-state index contributed by atoms with van der Waals surface area (Å²) in [4.78, 5) is 28.3. The van der Waals surface area contributed by atoms with Crippen molar-refractivity contribution in [2.24, 2.45) is 17.1 Å². The minimum absolute atomic E-state index is 0.197. The molecular weight excluding hydrogens is 368 g/mol. The molecular formula is C23H28N2O2S. The maximum atomic E-state index is 12.7. The zero-order valence-corrected chi connectivity index (χ0v) is 17.0. The van der Waals surface area contributed by atoms with E-state index in [1.165, 1.54) is 23.3 Å². The van der Waals surface area contributed by atoms with E-state index in [4.69, 9.17) is 5.73 Å². The zero-order chi connectivity index (χ0) is 19.6. The third-order valence-electron chi connectivity index (χ3n) is 6.44. The van der Waals surface area contributed by atoms with Crippen LogP contribution in [0.5, 0.6) is 0 Å². The summed E-state index contributed by atoms with van der Waals surface area (Å²) in [5, 5.41) is 2.07. The molecule has 0 bridgehead atoms. The summed E-state index contributed by atoms with van der Waals surface area (Å²) in [7, 11) is 0. The first-order chi connectivity index (χ1) is 13.6. The predicted molar refractivity (Wildman–Crippen MR) is 113 cm³/mol. The van der Waals surface area contributed by atoms with Crippen molar-refractivity contribution < 1.29 is 9.59 Å². The Morgan fingerprint density at radius 1 is 1.18 bits per heavy atom. The van der Waals surface area contributed by atoms with Gasteiger partial charge in [-0.05, 0) is 54.2 Å². The van der Waals surface area contributed by atoms with Crippen LogP contribution in [0.3, 0.4) is 0 Å². The average Bonchev–Trinajstić information content (AvgIpc) is 3.44. The summed E-state index contributed by atoms with van der Waals surface area (Å²) in [5.41, 5.74) is 7.48. The van der Waals surface area contributed by atoms with Gasteiger partial charge in [0.05, 0.1) is 5.41 Å². The molecule has 1 aliphatic carbocycles. The van der Waals surface area contributed by atoms with Crippen LogP contribution in [0.2, 0.25) is 0 Å². The van der Waals surface area contributed by atoms with Crippen LogP contribution in [0.1, 0.15) is 44.1 Å². The van der Waals surface area contributed by atoms with Crippen molar-refractivity contribution in [3.63, 3.8) is 0 Å². The maximum absolute atomic E-state index is 12.7. The van der Waals surface area contributed by atoms with E-state index in [0.717, 1.165) is 18.4 Å². The first kappa shape index (κ1) is 19.2. The van der Waals surface area contributed by atoms with Crippen LogP contribution in [0.4, 0.5) is 0 Å². The fourth-order valence-corrected chi connectivity index (χ4v) is 5.50. The van der Waals surface area contributed by atoms with Crippen molar-refractivity contribution in [1.82, 2.24) is 4.90 Å². The number of carbonyl (C=O) groups is 2. The van der Waals surface area contributed by atoms with Crippen LogP contribution >= 0.6 is 11.3 Å². The molecule has 0 spiro atoms. The molecule has 1 saturated carbocycles. The van der Waals surface area contributed by atoms with Crippen molar-refractivity contribution >= 4 is 23.2 Å². The predicted octanol–water partition coefficient (Wildman–Crippen LogP) is 4.24. The van der Waals surface area contributed by atoms with Crippen LogP contribution in [-0.4, -0.2) is 29.8 Å². The second-order valence-corrected chi connectivity index (χ2v) is 9.37. The topological polar surface area (TPSA) is 63.4 Å². The Kier molecular flexibility index (Phi) is 5.54. The summed E-state index contributed by atoms with van der Waals surface area (Å²) in [6.45, 7) is 1.09. The molecule has 2 aliphatic rings. The van der Waals surface area contributed by atoms with Crippen molar-refractivity contribution in [2.75, 3.05) is 13.1 Å². The summed E-state index contributed by atoms with van der Waals surface area (Å²) in [5.74, 6) is 0.436. The molecule has 4 nitrogen and oxygen atoms in total. The summed E-state index contributed by atoms with van der Waals surface area (Å²) in [6, 6.07) is 12.5. The van der Waals surface area contributed by atoms with Gasteiger partial charge in [-0.2, -0.15) is 0 Å². The van der Waals surface area contributed by atoms with Crippen molar-refractivity contribution in [3.05, 3.63) is 47.3 Å². The van der Waals surface area contributed by atoms with Crippen LogP contribution in [0.15, 0.2) is 41.8 Å². The lowest BCUT2D eigenvalue weighted by molar-refractivity contribution is -0.132. The number of likely N-dealkylation sites (tertiary alicyclic amines) is 1. The van der Waals surface area contributed by atoms with E-state index in [-0.39, 0.29) is 11.8 Å². The van der Waals surface area contributed by atoms with Gasteiger partial charge in [0.1, 0.15) is 0 Å². The molecule has 0 radical (unpaired) electrons. The van der Waals surface area contributed by atoms with Gasteiger partial charge in [0, 0.05) is 24.4 Å². The molecule has 1 aromatic heterocycles. The Labute approximate surface area is 170 Å². The number of hydrogen-bond donors (Lipinski definition) is 1. The van der Waals surface area contributed by atoms with Gasteiger partial charge in [-0.15, -0.1) is 11.3 Å². The largest absolute Gasteiger partial charge is 0.369 e. The number of thiophene rings is 1. The number of carbonyl (C=O) groups excluding carboxylic acids is 2. The Balaban J connectivity index is 1.47. The Bertz CT molecular complexity index is 842. The van der Waals surface area contributed by atoms with Crippen LogP contribution in [-0.2, 0) is 16.0 Å². The van der Waals surface area contributed by atoms with Crippen LogP contribution in [0.25, 0.3) is 10.4 Å². The third kappa shape index (κ3) is 4.00.